The molecule has 0 bridgehead atoms. The van der Waals surface area contributed by atoms with Gasteiger partial charge in [-0.25, -0.2) is 0 Å². The third-order valence-corrected chi connectivity index (χ3v) is 12.1. The van der Waals surface area contributed by atoms with Crippen LogP contribution in [0.1, 0.15) is 284 Å². The first-order valence-corrected chi connectivity index (χ1v) is 25.9. The minimum atomic E-state index is -0.780. The molecule has 344 valence electrons. The van der Waals surface area contributed by atoms with E-state index in [1.807, 2.05) is 0 Å². The second-order valence-corrected chi connectivity index (χ2v) is 17.9. The number of aliphatic hydroxyl groups is 2. The standard InChI is InChI=1S/C52H101NO5/c1-4-7-10-13-16-19-21-22-23-24-25-26-27-28-30-33-36-39-42-45-52(57)58-48(43-40-37-34-32-29-20-17-14-11-8-5-2)46-51(56)53-49(47-54)50(55)44-41-38-35-31-18-15-12-9-6-3/h22-23,48-50,54-55H,4-21,24-47H2,1-3H3,(H,53,56)/b23-22+. The first kappa shape index (κ1) is 56.6. The maximum Gasteiger partial charge on any atom is 0.306 e. The van der Waals surface area contributed by atoms with Crippen LogP contribution < -0.4 is 5.32 Å². The molecule has 0 rings (SSSR count). The van der Waals surface area contributed by atoms with E-state index in [0.717, 1.165) is 44.9 Å². The number of aliphatic hydroxyl groups excluding tert-OH is 2. The van der Waals surface area contributed by atoms with E-state index in [1.165, 1.54) is 193 Å². The van der Waals surface area contributed by atoms with Crippen molar-refractivity contribution in [3.63, 3.8) is 0 Å². The van der Waals surface area contributed by atoms with Crippen molar-refractivity contribution in [2.45, 2.75) is 302 Å². The van der Waals surface area contributed by atoms with Gasteiger partial charge in [0.05, 0.1) is 25.2 Å². The van der Waals surface area contributed by atoms with E-state index in [1.54, 1.807) is 0 Å². The second kappa shape index (κ2) is 46.7. The summed E-state index contributed by atoms with van der Waals surface area (Å²) in [7, 11) is 0. The molecule has 0 aromatic heterocycles. The Kier molecular flexibility index (Phi) is 45.5. The molecule has 0 saturated carbocycles. The van der Waals surface area contributed by atoms with E-state index in [0.29, 0.717) is 19.3 Å². The van der Waals surface area contributed by atoms with Gasteiger partial charge < -0.3 is 20.3 Å². The number of allylic oxidation sites excluding steroid dienone is 2. The van der Waals surface area contributed by atoms with Gasteiger partial charge in [-0.2, -0.15) is 0 Å². The molecular weight excluding hydrogens is 719 g/mol. The molecule has 3 atom stereocenters. The predicted octanol–water partition coefficient (Wildman–Crippen LogP) is 15.3. The van der Waals surface area contributed by atoms with Gasteiger partial charge in [0, 0.05) is 6.42 Å². The van der Waals surface area contributed by atoms with E-state index in [-0.39, 0.29) is 24.9 Å². The molecule has 0 aliphatic heterocycles. The lowest BCUT2D eigenvalue weighted by Gasteiger charge is -2.24. The smallest absolute Gasteiger partial charge is 0.306 e. The van der Waals surface area contributed by atoms with Gasteiger partial charge in [-0.05, 0) is 51.4 Å². The summed E-state index contributed by atoms with van der Waals surface area (Å²) < 4.78 is 5.93. The Hall–Kier alpha value is -1.40. The first-order chi connectivity index (χ1) is 28.5. The molecule has 0 aromatic carbocycles. The maximum absolute atomic E-state index is 13.1. The van der Waals surface area contributed by atoms with Gasteiger partial charge in [0.15, 0.2) is 0 Å². The van der Waals surface area contributed by atoms with Crippen molar-refractivity contribution < 1.29 is 24.5 Å². The summed E-state index contributed by atoms with van der Waals surface area (Å²) in [6, 6.07) is -0.693. The van der Waals surface area contributed by atoms with E-state index in [4.69, 9.17) is 4.74 Å². The minimum Gasteiger partial charge on any atom is -0.462 e. The second-order valence-electron chi connectivity index (χ2n) is 17.9. The zero-order valence-electron chi connectivity index (χ0n) is 39.2. The van der Waals surface area contributed by atoms with Crippen molar-refractivity contribution in [2.75, 3.05) is 6.61 Å². The average Bonchev–Trinajstić information content (AvgIpc) is 3.22. The molecule has 6 nitrogen and oxygen atoms in total. The fourth-order valence-electron chi connectivity index (χ4n) is 8.13. The van der Waals surface area contributed by atoms with E-state index >= 15 is 0 Å². The number of ether oxygens (including phenoxy) is 1. The van der Waals surface area contributed by atoms with Crippen molar-refractivity contribution in [3.8, 4) is 0 Å². The monoisotopic (exact) mass is 820 g/mol. The molecule has 3 unspecified atom stereocenters. The van der Waals surface area contributed by atoms with E-state index in [2.05, 4.69) is 38.2 Å². The normalized spacial score (nSPS) is 13.3. The fraction of sp³-hybridized carbons (Fsp3) is 0.923. The fourth-order valence-corrected chi connectivity index (χ4v) is 8.13. The van der Waals surface area contributed by atoms with Gasteiger partial charge in [0.1, 0.15) is 6.10 Å². The van der Waals surface area contributed by atoms with Crippen LogP contribution in [0.5, 0.6) is 0 Å². The Morgan fingerprint density at radius 2 is 0.828 bits per heavy atom. The summed E-state index contributed by atoms with van der Waals surface area (Å²) in [4.78, 5) is 26.1. The molecule has 0 aliphatic carbocycles. The molecule has 0 spiro atoms. The summed E-state index contributed by atoms with van der Waals surface area (Å²) in [5.41, 5.74) is 0. The van der Waals surface area contributed by atoms with Crippen molar-refractivity contribution in [2.24, 2.45) is 0 Å². The largest absolute Gasteiger partial charge is 0.462 e. The average molecular weight is 820 g/mol. The Bertz CT molecular complexity index is 878. The van der Waals surface area contributed by atoms with Gasteiger partial charge in [-0.1, -0.05) is 232 Å². The van der Waals surface area contributed by atoms with Crippen LogP contribution in [0.2, 0.25) is 0 Å². The molecule has 6 heteroatoms. The number of unbranched alkanes of at least 4 members (excludes halogenated alkanes) is 33. The van der Waals surface area contributed by atoms with Crippen LogP contribution in [0.25, 0.3) is 0 Å². The number of carbonyl (C=O) groups excluding carboxylic acids is 2. The van der Waals surface area contributed by atoms with Gasteiger partial charge in [-0.15, -0.1) is 0 Å². The maximum atomic E-state index is 13.1. The molecule has 0 saturated heterocycles. The summed E-state index contributed by atoms with van der Waals surface area (Å²) in [6.45, 7) is 6.47. The predicted molar refractivity (Wildman–Crippen MR) is 250 cm³/mol. The summed E-state index contributed by atoms with van der Waals surface area (Å²) >= 11 is 0. The molecule has 58 heavy (non-hydrogen) atoms. The van der Waals surface area contributed by atoms with Crippen LogP contribution in [-0.2, 0) is 14.3 Å². The molecular formula is C52H101NO5. The molecule has 0 heterocycles. The Morgan fingerprint density at radius 3 is 1.22 bits per heavy atom. The Balaban J connectivity index is 4.43. The van der Waals surface area contributed by atoms with Gasteiger partial charge in [-0.3, -0.25) is 9.59 Å². The number of rotatable bonds is 47. The van der Waals surface area contributed by atoms with Crippen LogP contribution in [-0.4, -0.2) is 46.9 Å². The van der Waals surface area contributed by atoms with Crippen LogP contribution in [0.3, 0.4) is 0 Å². The lowest BCUT2D eigenvalue weighted by Crippen LogP contribution is -2.46. The number of nitrogens with one attached hydrogen (secondary N) is 1. The highest BCUT2D eigenvalue weighted by molar-refractivity contribution is 5.77. The summed E-state index contributed by atoms with van der Waals surface area (Å²) in [5, 5.41) is 23.7. The highest BCUT2D eigenvalue weighted by Crippen LogP contribution is 2.18. The van der Waals surface area contributed by atoms with E-state index in [9.17, 15) is 19.8 Å². The Morgan fingerprint density at radius 1 is 0.483 bits per heavy atom. The van der Waals surface area contributed by atoms with Crippen molar-refractivity contribution in [3.05, 3.63) is 12.2 Å². The number of hydrogen-bond donors (Lipinski definition) is 3. The number of hydrogen-bond acceptors (Lipinski definition) is 5. The Labute approximate surface area is 361 Å². The highest BCUT2D eigenvalue weighted by Gasteiger charge is 2.24. The number of amides is 1. The van der Waals surface area contributed by atoms with Crippen LogP contribution in [0.4, 0.5) is 0 Å². The third-order valence-electron chi connectivity index (χ3n) is 12.1. The summed E-state index contributed by atoms with van der Waals surface area (Å²) in [6.07, 6.45) is 51.4. The molecule has 0 fully saturated rings. The van der Waals surface area contributed by atoms with E-state index < -0.39 is 18.2 Å². The molecule has 0 radical (unpaired) electrons. The van der Waals surface area contributed by atoms with Crippen molar-refractivity contribution in [1.82, 2.24) is 5.32 Å². The zero-order valence-corrected chi connectivity index (χ0v) is 39.2. The number of esters is 1. The highest BCUT2D eigenvalue weighted by atomic mass is 16.5. The lowest BCUT2D eigenvalue weighted by atomic mass is 10.0. The van der Waals surface area contributed by atoms with Gasteiger partial charge in [0.2, 0.25) is 5.91 Å². The third kappa shape index (κ3) is 41.3. The minimum absolute atomic E-state index is 0.0836. The lowest BCUT2D eigenvalue weighted by molar-refractivity contribution is -0.151. The number of carbonyl (C=O) groups is 2. The summed E-state index contributed by atoms with van der Waals surface area (Å²) in [5.74, 6) is -0.461. The zero-order chi connectivity index (χ0) is 42.4. The quantitative estimate of drug-likeness (QED) is 0.0323. The van der Waals surface area contributed by atoms with Crippen LogP contribution >= 0.6 is 0 Å². The molecule has 0 aromatic rings. The van der Waals surface area contributed by atoms with Gasteiger partial charge >= 0.3 is 5.97 Å². The van der Waals surface area contributed by atoms with Gasteiger partial charge in [0.25, 0.3) is 0 Å². The molecule has 1 amide bonds. The molecule has 3 N–H and O–H groups in total. The molecule has 0 aliphatic rings. The van der Waals surface area contributed by atoms with Crippen molar-refractivity contribution >= 4 is 11.9 Å². The van der Waals surface area contributed by atoms with Crippen LogP contribution in [0.15, 0.2) is 12.2 Å². The first-order valence-electron chi connectivity index (χ1n) is 25.9. The topological polar surface area (TPSA) is 95.9 Å². The van der Waals surface area contributed by atoms with Crippen LogP contribution in [0, 0.1) is 0 Å². The SMILES string of the molecule is CCCCCCCC/C=C/CCCCCCCCCCCC(=O)OC(CCCCCCCCCCCCC)CC(=O)NC(CO)C(O)CCCCCCCCCCC. The van der Waals surface area contributed by atoms with Crippen molar-refractivity contribution in [1.29, 1.82) is 0 Å².